The topological polar surface area (TPSA) is 50.2 Å². The Balaban J connectivity index is 3.42. The first-order valence-electron chi connectivity index (χ1n) is 4.39. The molecule has 0 fully saturated rings. The minimum atomic E-state index is -4.89. The highest BCUT2D eigenvalue weighted by atomic mass is 35.5. The summed E-state index contributed by atoms with van der Waals surface area (Å²) in [6.45, 7) is 0. The molecule has 1 N–H and O–H groups in total. The molecule has 18 heavy (non-hydrogen) atoms. The number of halogens is 6. The van der Waals surface area contributed by atoms with Gasteiger partial charge in [-0.25, -0.2) is 13.8 Å². The molecular formula is C9H5ClF5NO2. The molecule has 0 amide bonds. The van der Waals surface area contributed by atoms with Crippen molar-refractivity contribution in [2.75, 3.05) is 0 Å². The molecule has 0 aliphatic rings. The van der Waals surface area contributed by atoms with Crippen LogP contribution >= 0.6 is 11.6 Å². The Morgan fingerprint density at radius 3 is 2.39 bits per heavy atom. The smallest absolute Gasteiger partial charge is 0.433 e. The highest BCUT2D eigenvalue weighted by Crippen LogP contribution is 2.35. The molecule has 0 saturated heterocycles. The fourth-order valence-electron chi connectivity index (χ4n) is 1.23. The van der Waals surface area contributed by atoms with Gasteiger partial charge in [-0.15, -0.1) is 0 Å². The zero-order valence-corrected chi connectivity index (χ0v) is 9.19. The average Bonchev–Trinajstić information content (AvgIpc) is 2.13. The van der Waals surface area contributed by atoms with E-state index in [4.69, 9.17) is 16.7 Å². The number of carboxylic acid groups (broad SMARTS) is 1. The van der Waals surface area contributed by atoms with E-state index in [2.05, 4.69) is 4.98 Å². The number of pyridine rings is 1. The summed E-state index contributed by atoms with van der Waals surface area (Å²) < 4.78 is 62.2. The van der Waals surface area contributed by atoms with E-state index >= 15 is 0 Å². The molecule has 0 atom stereocenters. The van der Waals surface area contributed by atoms with Crippen molar-refractivity contribution in [1.29, 1.82) is 0 Å². The number of carbonyl (C=O) groups is 1. The molecule has 1 aromatic rings. The second-order valence-electron chi connectivity index (χ2n) is 3.22. The molecule has 1 heterocycles. The van der Waals surface area contributed by atoms with Gasteiger partial charge in [0.25, 0.3) is 6.43 Å². The fourth-order valence-corrected chi connectivity index (χ4v) is 1.52. The Morgan fingerprint density at radius 1 is 1.44 bits per heavy atom. The van der Waals surface area contributed by atoms with Crippen molar-refractivity contribution in [3.8, 4) is 0 Å². The first kappa shape index (κ1) is 14.6. The second-order valence-corrected chi connectivity index (χ2v) is 3.63. The molecule has 0 unspecified atom stereocenters. The van der Waals surface area contributed by atoms with E-state index in [1.165, 1.54) is 0 Å². The van der Waals surface area contributed by atoms with Crippen molar-refractivity contribution in [2.24, 2.45) is 0 Å². The van der Waals surface area contributed by atoms with Gasteiger partial charge in [0.2, 0.25) is 0 Å². The predicted molar refractivity (Wildman–Crippen MR) is 50.5 cm³/mol. The van der Waals surface area contributed by atoms with Crippen molar-refractivity contribution >= 4 is 17.6 Å². The molecule has 1 rings (SSSR count). The molecule has 3 nitrogen and oxygen atoms in total. The van der Waals surface area contributed by atoms with Crippen molar-refractivity contribution in [3.05, 3.63) is 28.0 Å². The van der Waals surface area contributed by atoms with Crippen LogP contribution in [-0.4, -0.2) is 16.1 Å². The van der Waals surface area contributed by atoms with Gasteiger partial charge < -0.3 is 5.11 Å². The number of hydrogen-bond acceptors (Lipinski definition) is 2. The number of alkyl halides is 5. The van der Waals surface area contributed by atoms with Crippen LogP contribution < -0.4 is 0 Å². The minimum Gasteiger partial charge on any atom is -0.481 e. The normalized spacial score (nSPS) is 11.9. The zero-order chi connectivity index (χ0) is 14.1. The van der Waals surface area contributed by atoms with Gasteiger partial charge in [0.05, 0.1) is 22.7 Å². The number of carboxylic acids is 1. The lowest BCUT2D eigenvalue weighted by Crippen LogP contribution is -2.14. The third-order valence-electron chi connectivity index (χ3n) is 1.91. The molecule has 0 aliphatic heterocycles. The van der Waals surface area contributed by atoms with Crippen LogP contribution in [0.4, 0.5) is 22.0 Å². The Kier molecular flexibility index (Phi) is 4.10. The second kappa shape index (κ2) is 5.05. The molecule has 0 aromatic carbocycles. The number of nitrogens with zero attached hydrogens (tertiary/aromatic N) is 1. The molecule has 0 radical (unpaired) electrons. The van der Waals surface area contributed by atoms with E-state index in [1.54, 1.807) is 0 Å². The van der Waals surface area contributed by atoms with Gasteiger partial charge in [-0.05, 0) is 6.07 Å². The molecule has 0 saturated carbocycles. The van der Waals surface area contributed by atoms with Crippen LogP contribution in [-0.2, 0) is 17.4 Å². The van der Waals surface area contributed by atoms with Crippen LogP contribution in [0.2, 0.25) is 5.02 Å². The molecule has 0 aliphatic carbocycles. The largest absolute Gasteiger partial charge is 0.481 e. The van der Waals surface area contributed by atoms with Crippen molar-refractivity contribution in [2.45, 2.75) is 19.0 Å². The van der Waals surface area contributed by atoms with Crippen LogP contribution in [0.1, 0.15) is 23.4 Å². The van der Waals surface area contributed by atoms with Gasteiger partial charge >= 0.3 is 12.1 Å². The van der Waals surface area contributed by atoms with Crippen molar-refractivity contribution in [1.82, 2.24) is 4.98 Å². The summed E-state index contributed by atoms with van der Waals surface area (Å²) in [6, 6.07) is 0.244. The lowest BCUT2D eigenvalue weighted by molar-refractivity contribution is -0.142. The van der Waals surface area contributed by atoms with Crippen LogP contribution in [0.25, 0.3) is 0 Å². The number of rotatable bonds is 3. The lowest BCUT2D eigenvalue weighted by Gasteiger charge is -2.13. The van der Waals surface area contributed by atoms with E-state index in [0.717, 1.165) is 0 Å². The number of aliphatic carboxylic acids is 1. The Labute approximate surface area is 102 Å². The maximum absolute atomic E-state index is 12.6. The maximum atomic E-state index is 12.6. The van der Waals surface area contributed by atoms with E-state index in [9.17, 15) is 26.7 Å². The van der Waals surface area contributed by atoms with E-state index in [1.807, 2.05) is 0 Å². The van der Waals surface area contributed by atoms with Crippen molar-refractivity contribution < 1.29 is 31.9 Å². The summed E-state index contributed by atoms with van der Waals surface area (Å²) in [7, 11) is 0. The number of aromatic nitrogens is 1. The Morgan fingerprint density at radius 2 is 2.00 bits per heavy atom. The molecule has 9 heteroatoms. The summed E-state index contributed by atoms with van der Waals surface area (Å²) in [5, 5.41) is 7.59. The standard InChI is InChI=1S/C9H5ClF5NO2/c10-3-1-5(9(13,14)15)16-4(2-6(17)18)7(3)8(11)12/h1,8H,2H2,(H,17,18). The molecular weight excluding hydrogens is 285 g/mol. The summed E-state index contributed by atoms with van der Waals surface area (Å²) in [5.41, 5.74) is -3.39. The SMILES string of the molecule is O=C(O)Cc1nc(C(F)(F)F)cc(Cl)c1C(F)F. The van der Waals surface area contributed by atoms with Crippen LogP contribution in [0, 0.1) is 0 Å². The lowest BCUT2D eigenvalue weighted by atomic mass is 10.1. The quantitative estimate of drug-likeness (QED) is 0.869. The zero-order valence-electron chi connectivity index (χ0n) is 8.43. The van der Waals surface area contributed by atoms with Crippen molar-refractivity contribution in [3.63, 3.8) is 0 Å². The first-order valence-corrected chi connectivity index (χ1v) is 4.77. The van der Waals surface area contributed by atoms with Crippen LogP contribution in [0.15, 0.2) is 6.07 Å². The van der Waals surface area contributed by atoms with E-state index in [0.29, 0.717) is 0 Å². The van der Waals surface area contributed by atoms with Gasteiger partial charge in [0, 0.05) is 0 Å². The van der Waals surface area contributed by atoms with Gasteiger partial charge in [-0.2, -0.15) is 13.2 Å². The van der Waals surface area contributed by atoms with Gasteiger partial charge in [-0.3, -0.25) is 4.79 Å². The fraction of sp³-hybridized carbons (Fsp3) is 0.333. The van der Waals surface area contributed by atoms with Gasteiger partial charge in [0.15, 0.2) is 0 Å². The van der Waals surface area contributed by atoms with Gasteiger partial charge in [-0.1, -0.05) is 11.6 Å². The third-order valence-corrected chi connectivity index (χ3v) is 2.23. The van der Waals surface area contributed by atoms with Crippen LogP contribution in [0.3, 0.4) is 0 Å². The first-order chi connectivity index (χ1) is 8.12. The number of hydrogen-bond donors (Lipinski definition) is 1. The summed E-state index contributed by atoms with van der Waals surface area (Å²) in [6.07, 6.45) is -9.16. The minimum absolute atomic E-state index is 0.244. The monoisotopic (exact) mass is 289 g/mol. The summed E-state index contributed by atoms with van der Waals surface area (Å²) in [5.74, 6) is -1.58. The molecule has 0 spiro atoms. The molecule has 1 aromatic heterocycles. The molecule has 0 bridgehead atoms. The summed E-state index contributed by atoms with van der Waals surface area (Å²) in [4.78, 5) is 13.3. The highest BCUT2D eigenvalue weighted by Gasteiger charge is 2.35. The van der Waals surface area contributed by atoms with E-state index < -0.39 is 47.0 Å². The maximum Gasteiger partial charge on any atom is 0.433 e. The Bertz CT molecular complexity index is 475. The van der Waals surface area contributed by atoms with Crippen LogP contribution in [0.5, 0.6) is 0 Å². The van der Waals surface area contributed by atoms with Gasteiger partial charge in [0.1, 0.15) is 5.69 Å². The molecule has 100 valence electrons. The predicted octanol–water partition coefficient (Wildman–Crippen LogP) is 3.32. The average molecular weight is 290 g/mol. The highest BCUT2D eigenvalue weighted by molar-refractivity contribution is 6.31. The third kappa shape index (κ3) is 3.28. The van der Waals surface area contributed by atoms with E-state index in [-0.39, 0.29) is 6.07 Å². The summed E-state index contributed by atoms with van der Waals surface area (Å²) >= 11 is 5.31. The Hall–Kier alpha value is -1.44.